The van der Waals surface area contributed by atoms with Gasteiger partial charge >= 0.3 is 0 Å². The first-order valence-electron chi connectivity index (χ1n) is 19.5. The molecule has 1 aliphatic rings. The number of fused-ring (bicyclic) bond motifs is 4. The molecule has 266 valence electrons. The van der Waals surface area contributed by atoms with E-state index in [0.29, 0.717) is 0 Å². The van der Waals surface area contributed by atoms with Crippen molar-refractivity contribution < 1.29 is 0 Å². The lowest BCUT2D eigenvalue weighted by Gasteiger charge is -2.30. The normalized spacial score (nSPS) is 12.6. The van der Waals surface area contributed by atoms with Crippen molar-refractivity contribution in [3.63, 3.8) is 0 Å². The molecule has 0 N–H and O–H groups in total. The van der Waals surface area contributed by atoms with Gasteiger partial charge in [-0.15, -0.1) is 0 Å². The van der Waals surface area contributed by atoms with Crippen molar-refractivity contribution in [3.8, 4) is 55.6 Å². The Morgan fingerprint density at radius 2 is 0.875 bits per heavy atom. The third-order valence-electron chi connectivity index (χ3n) is 11.7. The van der Waals surface area contributed by atoms with Crippen molar-refractivity contribution in [3.05, 3.63) is 223 Å². The summed E-state index contributed by atoms with van der Waals surface area (Å²) < 4.78 is 0. The van der Waals surface area contributed by atoms with Crippen molar-refractivity contribution in [2.45, 2.75) is 19.3 Å². The van der Waals surface area contributed by atoms with Gasteiger partial charge in [-0.25, -0.2) is 0 Å². The molecule has 0 saturated heterocycles. The van der Waals surface area contributed by atoms with Crippen LogP contribution in [0.1, 0.15) is 25.0 Å². The minimum atomic E-state index is -0.0323. The second-order valence-corrected chi connectivity index (χ2v) is 15.3. The molecular formula is C55H41N. The number of hydrogen-bond acceptors (Lipinski definition) is 1. The van der Waals surface area contributed by atoms with Crippen LogP contribution in [0.2, 0.25) is 0 Å². The molecule has 0 bridgehead atoms. The molecule has 0 spiro atoms. The van der Waals surface area contributed by atoms with Gasteiger partial charge in [-0.2, -0.15) is 0 Å². The maximum absolute atomic E-state index is 2.46. The molecule has 9 aromatic rings. The molecule has 10 rings (SSSR count). The molecule has 0 saturated carbocycles. The molecule has 0 atom stereocenters. The molecule has 1 nitrogen and oxygen atoms in total. The highest BCUT2D eigenvalue weighted by Crippen LogP contribution is 2.51. The highest BCUT2D eigenvalue weighted by atomic mass is 15.1. The Balaban J connectivity index is 1.22. The van der Waals surface area contributed by atoms with Crippen molar-refractivity contribution >= 4 is 27.8 Å². The first-order valence-corrected chi connectivity index (χ1v) is 19.5. The zero-order valence-electron chi connectivity index (χ0n) is 31.7. The van der Waals surface area contributed by atoms with Crippen LogP contribution >= 0.6 is 0 Å². The molecule has 1 heteroatoms. The average Bonchev–Trinajstić information content (AvgIpc) is 3.49. The number of nitrogens with zero attached hydrogens (tertiary/aromatic N) is 1. The average molecular weight is 716 g/mol. The van der Waals surface area contributed by atoms with E-state index < -0.39 is 0 Å². The first kappa shape index (κ1) is 33.6. The van der Waals surface area contributed by atoms with Crippen LogP contribution in [0.4, 0.5) is 17.1 Å². The fourth-order valence-corrected chi connectivity index (χ4v) is 8.91. The van der Waals surface area contributed by atoms with Crippen LogP contribution in [0.3, 0.4) is 0 Å². The van der Waals surface area contributed by atoms with Gasteiger partial charge in [0.2, 0.25) is 0 Å². The van der Waals surface area contributed by atoms with E-state index >= 15 is 0 Å². The van der Waals surface area contributed by atoms with Gasteiger partial charge in [0.1, 0.15) is 0 Å². The summed E-state index contributed by atoms with van der Waals surface area (Å²) in [5, 5.41) is 2.43. The van der Waals surface area contributed by atoms with E-state index in [9.17, 15) is 0 Å². The monoisotopic (exact) mass is 715 g/mol. The molecule has 0 fully saturated rings. The summed E-state index contributed by atoms with van der Waals surface area (Å²) >= 11 is 0. The van der Waals surface area contributed by atoms with E-state index in [-0.39, 0.29) is 5.41 Å². The van der Waals surface area contributed by atoms with Crippen molar-refractivity contribution in [2.24, 2.45) is 0 Å². The van der Waals surface area contributed by atoms with Crippen LogP contribution in [-0.2, 0) is 5.41 Å². The summed E-state index contributed by atoms with van der Waals surface area (Å²) in [4.78, 5) is 2.46. The van der Waals surface area contributed by atoms with E-state index in [1.807, 2.05) is 0 Å². The van der Waals surface area contributed by atoms with Crippen LogP contribution in [-0.4, -0.2) is 0 Å². The van der Waals surface area contributed by atoms with Crippen LogP contribution in [0.15, 0.2) is 212 Å². The maximum Gasteiger partial charge on any atom is 0.0546 e. The zero-order chi connectivity index (χ0) is 37.6. The molecule has 1 aliphatic carbocycles. The Bertz CT molecular complexity index is 2880. The molecule has 0 aliphatic heterocycles. The Morgan fingerprint density at radius 3 is 1.66 bits per heavy atom. The Kier molecular flexibility index (Phi) is 8.23. The quantitative estimate of drug-likeness (QED) is 0.159. The molecule has 0 aromatic heterocycles. The standard InChI is InChI=1S/C55H41N/c1-55(2)51-29-14-13-26-48(51)50-37-43(32-34-52(50)55)42-23-15-24-44(36-42)56(45-33-31-38-17-9-10-22-41(38)35-45)53-30-16-28-47(40-20-7-4-8-21-40)54(53)49-27-12-11-25-46(49)39-18-5-3-6-19-39/h3-37H,1-2H3. The van der Waals surface area contributed by atoms with Gasteiger partial charge in [0, 0.05) is 22.4 Å². The summed E-state index contributed by atoms with van der Waals surface area (Å²) in [6.45, 7) is 4.69. The Hall–Kier alpha value is -6.96. The summed E-state index contributed by atoms with van der Waals surface area (Å²) in [5.41, 5.74) is 18.3. The van der Waals surface area contributed by atoms with Gasteiger partial charge in [0.25, 0.3) is 0 Å². The summed E-state index contributed by atoms with van der Waals surface area (Å²) in [7, 11) is 0. The predicted octanol–water partition coefficient (Wildman–Crippen LogP) is 15.3. The fourth-order valence-electron chi connectivity index (χ4n) is 8.91. The lowest BCUT2D eigenvalue weighted by molar-refractivity contribution is 0.660. The zero-order valence-corrected chi connectivity index (χ0v) is 31.7. The largest absolute Gasteiger partial charge is 0.310 e. The molecule has 56 heavy (non-hydrogen) atoms. The van der Waals surface area contributed by atoms with Crippen molar-refractivity contribution in [2.75, 3.05) is 4.90 Å². The molecule has 0 radical (unpaired) electrons. The molecule has 0 amide bonds. The number of benzene rings is 9. The lowest BCUT2D eigenvalue weighted by atomic mass is 9.82. The van der Waals surface area contributed by atoms with Crippen LogP contribution in [0, 0.1) is 0 Å². The highest BCUT2D eigenvalue weighted by molar-refractivity contribution is 6.02. The second-order valence-electron chi connectivity index (χ2n) is 15.3. The van der Waals surface area contributed by atoms with Crippen LogP contribution in [0.5, 0.6) is 0 Å². The fraction of sp³-hybridized carbons (Fsp3) is 0.0545. The maximum atomic E-state index is 2.46. The summed E-state index contributed by atoms with van der Waals surface area (Å²) in [6, 6.07) is 77.7. The van der Waals surface area contributed by atoms with E-state index in [1.165, 1.54) is 77.5 Å². The Morgan fingerprint density at radius 1 is 0.321 bits per heavy atom. The molecular weight excluding hydrogens is 675 g/mol. The summed E-state index contributed by atoms with van der Waals surface area (Å²) in [5.74, 6) is 0. The SMILES string of the molecule is CC1(C)c2ccccc2-c2cc(-c3cccc(N(c4ccc5ccccc5c4)c4cccc(-c5ccccc5)c4-c4ccccc4-c4ccccc4)c3)ccc21. The predicted molar refractivity (Wildman–Crippen MR) is 238 cm³/mol. The molecule has 0 heterocycles. The van der Waals surface area contributed by atoms with Crippen LogP contribution in [0.25, 0.3) is 66.4 Å². The third-order valence-corrected chi connectivity index (χ3v) is 11.7. The molecule has 0 unspecified atom stereocenters. The highest BCUT2D eigenvalue weighted by Gasteiger charge is 2.35. The number of rotatable bonds is 7. The van der Waals surface area contributed by atoms with Gasteiger partial charge in [-0.1, -0.05) is 190 Å². The van der Waals surface area contributed by atoms with Crippen LogP contribution < -0.4 is 4.90 Å². The Labute approximate surface area is 329 Å². The van der Waals surface area contributed by atoms with E-state index in [0.717, 1.165) is 17.1 Å². The van der Waals surface area contributed by atoms with Gasteiger partial charge in [-0.05, 0) is 108 Å². The van der Waals surface area contributed by atoms with Crippen molar-refractivity contribution in [1.82, 2.24) is 0 Å². The second kappa shape index (κ2) is 13.7. The lowest BCUT2D eigenvalue weighted by Crippen LogP contribution is -2.14. The van der Waals surface area contributed by atoms with Gasteiger partial charge in [0.15, 0.2) is 0 Å². The number of hydrogen-bond donors (Lipinski definition) is 0. The minimum Gasteiger partial charge on any atom is -0.310 e. The topological polar surface area (TPSA) is 3.24 Å². The smallest absolute Gasteiger partial charge is 0.0546 e. The van der Waals surface area contributed by atoms with E-state index in [1.54, 1.807) is 0 Å². The van der Waals surface area contributed by atoms with Gasteiger partial charge in [0.05, 0.1) is 5.69 Å². The third kappa shape index (κ3) is 5.72. The molecule has 9 aromatic carbocycles. The summed E-state index contributed by atoms with van der Waals surface area (Å²) in [6.07, 6.45) is 0. The first-order chi connectivity index (χ1) is 27.5. The van der Waals surface area contributed by atoms with Gasteiger partial charge in [-0.3, -0.25) is 0 Å². The van der Waals surface area contributed by atoms with E-state index in [2.05, 4.69) is 231 Å². The van der Waals surface area contributed by atoms with Crippen molar-refractivity contribution in [1.29, 1.82) is 0 Å². The van der Waals surface area contributed by atoms with Gasteiger partial charge < -0.3 is 4.90 Å². The minimum absolute atomic E-state index is 0.0323. The number of anilines is 3. The van der Waals surface area contributed by atoms with E-state index in [4.69, 9.17) is 0 Å².